The van der Waals surface area contributed by atoms with Crippen molar-refractivity contribution in [1.82, 2.24) is 0 Å². The molecule has 36 heavy (non-hydrogen) atoms. The lowest BCUT2D eigenvalue weighted by Crippen LogP contribution is -2.32. The van der Waals surface area contributed by atoms with Gasteiger partial charge in [0.05, 0.1) is 35.0 Å². The van der Waals surface area contributed by atoms with E-state index in [0.717, 1.165) is 24.0 Å². The highest BCUT2D eigenvalue weighted by Gasteiger charge is 2.60. The molecule has 4 fully saturated rings. The summed E-state index contributed by atoms with van der Waals surface area (Å²) in [4.78, 5) is 55.1. The third kappa shape index (κ3) is 2.47. The first-order chi connectivity index (χ1) is 17.5. The number of fused-ring (bicyclic) bond motifs is 10. The summed E-state index contributed by atoms with van der Waals surface area (Å²) in [6.45, 7) is 0. The zero-order chi connectivity index (χ0) is 24.3. The van der Waals surface area contributed by atoms with E-state index in [1.165, 1.54) is 9.80 Å². The van der Waals surface area contributed by atoms with E-state index in [-0.39, 0.29) is 71.0 Å². The topological polar surface area (TPSA) is 74.8 Å². The van der Waals surface area contributed by atoms with Crippen LogP contribution in [-0.2, 0) is 19.2 Å². The predicted octanol–water partition coefficient (Wildman–Crippen LogP) is 3.98. The average Bonchev–Trinajstić information content (AvgIpc) is 3.73. The Morgan fingerprint density at radius 3 is 1.00 bits per heavy atom. The molecule has 0 radical (unpaired) electrons. The van der Waals surface area contributed by atoms with Gasteiger partial charge in [0, 0.05) is 0 Å². The van der Waals surface area contributed by atoms with Crippen LogP contribution in [-0.4, -0.2) is 23.6 Å². The van der Waals surface area contributed by atoms with Crippen molar-refractivity contribution < 1.29 is 19.2 Å². The molecule has 6 heteroatoms. The van der Waals surface area contributed by atoms with Crippen LogP contribution in [0, 0.1) is 47.3 Å². The Hall–Kier alpha value is -3.80. The monoisotopic (exact) mass is 476 g/mol. The second kappa shape index (κ2) is 6.90. The number of rotatable bonds is 3. The van der Waals surface area contributed by atoms with Gasteiger partial charge in [-0.05, 0) is 71.9 Å². The molecule has 2 aromatic carbocycles. The number of hydrogen-bond donors (Lipinski definition) is 0. The maximum Gasteiger partial charge on any atom is 0.238 e. The molecule has 8 rings (SSSR count). The maximum atomic E-state index is 13.1. The van der Waals surface area contributed by atoms with E-state index in [0.29, 0.717) is 11.4 Å². The number of nitrogens with zero attached hydrogens (tertiary/aromatic N) is 2. The molecule has 4 amide bonds. The van der Waals surface area contributed by atoms with Crippen LogP contribution >= 0.6 is 0 Å². The van der Waals surface area contributed by atoms with Crippen LogP contribution in [0.15, 0.2) is 72.8 Å². The Bertz CT molecular complexity index is 1250. The van der Waals surface area contributed by atoms with Crippen molar-refractivity contribution in [3.8, 4) is 11.1 Å². The van der Waals surface area contributed by atoms with Crippen molar-refractivity contribution in [2.24, 2.45) is 47.3 Å². The number of amides is 4. The second-order valence-electron chi connectivity index (χ2n) is 11.1. The molecule has 2 saturated heterocycles. The largest absolute Gasteiger partial charge is 0.274 e. The molecule has 0 unspecified atom stereocenters. The van der Waals surface area contributed by atoms with Crippen molar-refractivity contribution in [3.63, 3.8) is 0 Å². The summed E-state index contributed by atoms with van der Waals surface area (Å²) in [5.74, 6) is -0.359. The molecular weight excluding hydrogens is 452 g/mol. The second-order valence-corrected chi connectivity index (χ2v) is 11.1. The van der Waals surface area contributed by atoms with Crippen LogP contribution in [0.2, 0.25) is 0 Å². The van der Waals surface area contributed by atoms with Gasteiger partial charge in [-0.1, -0.05) is 48.6 Å². The Kier molecular flexibility index (Phi) is 3.91. The van der Waals surface area contributed by atoms with Crippen LogP contribution in [0.1, 0.15) is 12.8 Å². The molecule has 4 aliphatic carbocycles. The number of anilines is 2. The average molecular weight is 477 g/mol. The summed E-state index contributed by atoms with van der Waals surface area (Å²) in [5.41, 5.74) is 3.10. The Morgan fingerprint density at radius 2 is 0.722 bits per heavy atom. The quantitative estimate of drug-likeness (QED) is 0.496. The molecule has 4 bridgehead atoms. The van der Waals surface area contributed by atoms with Gasteiger partial charge in [0.2, 0.25) is 23.6 Å². The molecule has 0 N–H and O–H groups in total. The van der Waals surface area contributed by atoms with Gasteiger partial charge in [0.1, 0.15) is 0 Å². The maximum absolute atomic E-state index is 13.1. The van der Waals surface area contributed by atoms with Crippen LogP contribution in [0.5, 0.6) is 0 Å². The van der Waals surface area contributed by atoms with Gasteiger partial charge < -0.3 is 0 Å². The normalized spacial score (nSPS) is 37.1. The molecule has 2 saturated carbocycles. The van der Waals surface area contributed by atoms with Crippen LogP contribution < -0.4 is 9.80 Å². The third-order valence-electron chi connectivity index (χ3n) is 9.53. The van der Waals surface area contributed by atoms with E-state index in [2.05, 4.69) is 24.3 Å². The minimum atomic E-state index is -0.207. The van der Waals surface area contributed by atoms with Gasteiger partial charge in [-0.15, -0.1) is 0 Å². The van der Waals surface area contributed by atoms with Crippen LogP contribution in [0.25, 0.3) is 11.1 Å². The molecule has 0 spiro atoms. The minimum Gasteiger partial charge on any atom is -0.274 e. The smallest absolute Gasteiger partial charge is 0.238 e. The first-order valence-electron chi connectivity index (χ1n) is 12.8. The van der Waals surface area contributed by atoms with E-state index in [1.807, 2.05) is 48.5 Å². The summed E-state index contributed by atoms with van der Waals surface area (Å²) >= 11 is 0. The summed E-state index contributed by atoms with van der Waals surface area (Å²) < 4.78 is 0. The fraction of sp³-hybridized carbons (Fsp3) is 0.333. The number of benzene rings is 2. The van der Waals surface area contributed by atoms with Crippen molar-refractivity contribution >= 4 is 35.0 Å². The van der Waals surface area contributed by atoms with Gasteiger partial charge >= 0.3 is 0 Å². The van der Waals surface area contributed by atoms with E-state index < -0.39 is 0 Å². The number of carbonyl (C=O) groups is 4. The van der Waals surface area contributed by atoms with Gasteiger partial charge in [0.25, 0.3) is 0 Å². The Morgan fingerprint density at radius 1 is 0.444 bits per heavy atom. The van der Waals surface area contributed by atoms with Crippen molar-refractivity contribution in [2.75, 3.05) is 9.80 Å². The summed E-state index contributed by atoms with van der Waals surface area (Å²) in [6.07, 6.45) is 10.2. The lowest BCUT2D eigenvalue weighted by molar-refractivity contribution is -0.124. The summed E-state index contributed by atoms with van der Waals surface area (Å²) in [5, 5.41) is 0. The van der Waals surface area contributed by atoms with Crippen LogP contribution in [0.3, 0.4) is 0 Å². The summed E-state index contributed by atoms with van der Waals surface area (Å²) in [7, 11) is 0. The van der Waals surface area contributed by atoms with Crippen molar-refractivity contribution in [3.05, 3.63) is 72.8 Å². The molecule has 8 atom stereocenters. The minimum absolute atomic E-state index is 0.0766. The fourth-order valence-electron chi connectivity index (χ4n) is 7.92. The van der Waals surface area contributed by atoms with E-state index in [1.54, 1.807) is 0 Å². The standard InChI is InChI=1S/C30H24N2O4/c33-27-23-17-1-2-18(13-17)24(23)28(34)31(27)21-9-5-15(6-10-21)16-7-11-22(12-8-16)32-29(35)25-19-3-4-20(14-19)26(25)30(32)36/h1-12,17-20,23-26H,13-14H2/t17-,18-,19-,20-,23-,24+,25-,26+/m0/s1. The first-order valence-corrected chi connectivity index (χ1v) is 12.8. The zero-order valence-corrected chi connectivity index (χ0v) is 19.5. The van der Waals surface area contributed by atoms with Crippen molar-refractivity contribution in [2.45, 2.75) is 12.8 Å². The zero-order valence-electron chi connectivity index (χ0n) is 19.5. The number of hydrogen-bond acceptors (Lipinski definition) is 4. The highest BCUT2D eigenvalue weighted by atomic mass is 16.2. The van der Waals surface area contributed by atoms with E-state index in [4.69, 9.17) is 0 Å². The lowest BCUT2D eigenvalue weighted by Gasteiger charge is -2.18. The molecule has 0 aromatic heterocycles. The van der Waals surface area contributed by atoms with Gasteiger partial charge in [-0.3, -0.25) is 29.0 Å². The SMILES string of the molecule is O=C1[C@@H]2[C@H](C(=O)N1c1ccc(-c3ccc(N4C(=O)[C@@H]5[C@H](C4=O)[C@H]4C=C[C@H]5C4)cc3)cc1)[C@H]1C=C[C@H]2C1. The van der Waals surface area contributed by atoms with Crippen molar-refractivity contribution in [1.29, 1.82) is 0 Å². The molecule has 2 aromatic rings. The number of imide groups is 2. The summed E-state index contributed by atoms with van der Waals surface area (Å²) in [6, 6.07) is 14.9. The van der Waals surface area contributed by atoms with Gasteiger partial charge in [-0.25, -0.2) is 0 Å². The first kappa shape index (κ1) is 20.4. The van der Waals surface area contributed by atoms with Gasteiger partial charge in [0.15, 0.2) is 0 Å². The number of carbonyl (C=O) groups excluding carboxylic acids is 4. The highest BCUT2D eigenvalue weighted by Crippen LogP contribution is 2.54. The molecule has 2 heterocycles. The molecule has 6 aliphatic rings. The number of allylic oxidation sites excluding steroid dienone is 4. The predicted molar refractivity (Wildman–Crippen MR) is 132 cm³/mol. The molecule has 6 nitrogen and oxygen atoms in total. The highest BCUT2D eigenvalue weighted by molar-refractivity contribution is 6.23. The molecule has 178 valence electrons. The van der Waals surface area contributed by atoms with Crippen LogP contribution in [0.4, 0.5) is 11.4 Å². The Labute approximate surface area is 208 Å². The molecular formula is C30H24N2O4. The lowest BCUT2D eigenvalue weighted by atomic mass is 9.85. The fourth-order valence-corrected chi connectivity index (χ4v) is 7.92. The Balaban J connectivity index is 1.03. The van der Waals surface area contributed by atoms with Gasteiger partial charge in [-0.2, -0.15) is 0 Å². The molecule has 2 aliphatic heterocycles. The van der Waals surface area contributed by atoms with E-state index in [9.17, 15) is 19.2 Å². The third-order valence-corrected chi connectivity index (χ3v) is 9.53. The van der Waals surface area contributed by atoms with E-state index >= 15 is 0 Å².